The Labute approximate surface area is 155 Å². The van der Waals surface area contributed by atoms with Crippen LogP contribution in [0.1, 0.15) is 11.1 Å². The van der Waals surface area contributed by atoms with Crippen LogP contribution in [0.2, 0.25) is 0 Å². The molecule has 3 aromatic rings. The number of nitrogens with zero attached hydrogens (tertiary/aromatic N) is 2. The summed E-state index contributed by atoms with van der Waals surface area (Å²) in [5, 5.41) is 9.68. The van der Waals surface area contributed by atoms with Crippen LogP contribution in [0.25, 0.3) is 22.4 Å². The van der Waals surface area contributed by atoms with Crippen molar-refractivity contribution in [2.24, 2.45) is 0 Å². The van der Waals surface area contributed by atoms with Gasteiger partial charge in [0.25, 0.3) is 5.82 Å². The lowest BCUT2D eigenvalue weighted by molar-refractivity contribution is -0.673. The number of anilines is 1. The largest absolute Gasteiger partial charge is 0.454 e. The Kier molecular flexibility index (Phi) is 3.31. The Hall–Kier alpha value is -3.59. The van der Waals surface area contributed by atoms with Gasteiger partial charge in [-0.3, -0.25) is 5.73 Å². The van der Waals surface area contributed by atoms with E-state index in [1.165, 1.54) is 12.1 Å². The van der Waals surface area contributed by atoms with Crippen LogP contribution in [0.5, 0.6) is 11.5 Å². The molecule has 0 spiro atoms. The summed E-state index contributed by atoms with van der Waals surface area (Å²) in [6.45, 7) is 0.890. The number of pyridine rings is 1. The molecule has 0 fully saturated rings. The second-order valence-corrected chi connectivity index (χ2v) is 6.59. The maximum atomic E-state index is 13.3. The zero-order valence-electron chi connectivity index (χ0n) is 14.3. The molecule has 0 radical (unpaired) electrons. The minimum Gasteiger partial charge on any atom is -0.454 e. The predicted octanol–water partition coefficient (Wildman–Crippen LogP) is 3.19. The monoisotopic (exact) mass is 360 g/mol. The molecule has 2 aliphatic heterocycles. The molecule has 0 saturated carbocycles. The number of aryl methyl sites for hydroxylation is 1. The molecular weight excluding hydrogens is 345 g/mol. The third-order valence-electron chi connectivity index (χ3n) is 5.13. The average molecular weight is 360 g/mol. The molecule has 1 aromatic heterocycles. The van der Waals surface area contributed by atoms with Crippen molar-refractivity contribution < 1.29 is 18.4 Å². The standard InChI is InChI=1S/C21H14FN3O2/c22-14-3-1-12(2-4-14)15-8-18-16-9-20-19(26-11-27-20)7-13(16)5-6-25(18)21(24)17(15)10-23/h1-4,7-9,24H,5-6,11H2/p+1. The Morgan fingerprint density at radius 1 is 1.04 bits per heavy atom. The summed E-state index contributed by atoms with van der Waals surface area (Å²) in [5.41, 5.74) is 11.3. The van der Waals surface area contributed by atoms with Gasteiger partial charge in [0.15, 0.2) is 11.5 Å². The SMILES string of the molecule is N#Cc1c(-c2ccc(F)cc2)cc2[n+](c1N)CCc1cc3c(cc1-2)OCO3. The fourth-order valence-electron chi connectivity index (χ4n) is 3.79. The molecule has 0 saturated heterocycles. The number of rotatable bonds is 1. The molecule has 27 heavy (non-hydrogen) atoms. The summed E-state index contributed by atoms with van der Waals surface area (Å²) in [7, 11) is 0. The van der Waals surface area contributed by atoms with Crippen LogP contribution in [-0.4, -0.2) is 6.79 Å². The highest BCUT2D eigenvalue weighted by molar-refractivity contribution is 5.79. The molecule has 6 heteroatoms. The normalized spacial score (nSPS) is 13.6. The van der Waals surface area contributed by atoms with Gasteiger partial charge < -0.3 is 9.47 Å². The first kappa shape index (κ1) is 15.6. The lowest BCUT2D eigenvalue weighted by Gasteiger charge is -2.21. The van der Waals surface area contributed by atoms with Gasteiger partial charge in [-0.2, -0.15) is 5.26 Å². The van der Waals surface area contributed by atoms with E-state index in [2.05, 4.69) is 6.07 Å². The fraction of sp³-hybridized carbons (Fsp3) is 0.143. The van der Waals surface area contributed by atoms with Gasteiger partial charge in [-0.25, -0.2) is 8.96 Å². The van der Waals surface area contributed by atoms with Crippen LogP contribution >= 0.6 is 0 Å². The molecule has 0 amide bonds. The summed E-state index contributed by atoms with van der Waals surface area (Å²) in [5.74, 6) is 1.55. The Bertz CT molecular complexity index is 1130. The van der Waals surface area contributed by atoms with E-state index in [-0.39, 0.29) is 12.6 Å². The van der Waals surface area contributed by atoms with Gasteiger partial charge >= 0.3 is 0 Å². The zero-order chi connectivity index (χ0) is 18.5. The quantitative estimate of drug-likeness (QED) is 0.677. The highest BCUT2D eigenvalue weighted by atomic mass is 19.1. The van der Waals surface area contributed by atoms with Crippen molar-refractivity contribution in [3.8, 4) is 40.0 Å². The summed E-state index contributed by atoms with van der Waals surface area (Å²) < 4.78 is 26.3. The topological polar surface area (TPSA) is 72.2 Å². The van der Waals surface area contributed by atoms with E-state index >= 15 is 0 Å². The first-order chi connectivity index (χ1) is 13.2. The van der Waals surface area contributed by atoms with Crippen molar-refractivity contribution in [1.82, 2.24) is 0 Å². The Morgan fingerprint density at radius 3 is 2.52 bits per heavy atom. The molecule has 2 aliphatic rings. The lowest BCUT2D eigenvalue weighted by Crippen LogP contribution is -2.43. The summed E-state index contributed by atoms with van der Waals surface area (Å²) >= 11 is 0. The van der Waals surface area contributed by atoms with Crippen LogP contribution in [0, 0.1) is 17.1 Å². The molecule has 0 unspecified atom stereocenters. The van der Waals surface area contributed by atoms with E-state index < -0.39 is 0 Å². The van der Waals surface area contributed by atoms with Crippen molar-refractivity contribution in [1.29, 1.82) is 5.26 Å². The molecule has 3 heterocycles. The van der Waals surface area contributed by atoms with Gasteiger partial charge in [0, 0.05) is 17.5 Å². The summed E-state index contributed by atoms with van der Waals surface area (Å²) in [6.07, 6.45) is 0.786. The molecule has 132 valence electrons. The van der Waals surface area contributed by atoms with Crippen molar-refractivity contribution in [2.75, 3.05) is 12.5 Å². The van der Waals surface area contributed by atoms with Crippen LogP contribution < -0.4 is 19.8 Å². The minimum absolute atomic E-state index is 0.217. The van der Waals surface area contributed by atoms with E-state index in [9.17, 15) is 9.65 Å². The van der Waals surface area contributed by atoms with Gasteiger partial charge in [-0.05, 0) is 41.5 Å². The zero-order valence-corrected chi connectivity index (χ0v) is 14.3. The Balaban J connectivity index is 1.77. The molecule has 2 aromatic carbocycles. The average Bonchev–Trinajstić information content (AvgIpc) is 3.14. The number of nitriles is 1. The number of benzene rings is 2. The second-order valence-electron chi connectivity index (χ2n) is 6.59. The number of ether oxygens (including phenoxy) is 2. The van der Waals surface area contributed by atoms with Crippen LogP contribution in [0.3, 0.4) is 0 Å². The smallest absolute Gasteiger partial charge is 0.291 e. The van der Waals surface area contributed by atoms with E-state index in [1.807, 2.05) is 22.8 Å². The number of aromatic nitrogens is 1. The number of nitrogen functional groups attached to an aromatic ring is 1. The number of halogens is 1. The molecule has 0 bridgehead atoms. The second kappa shape index (κ2) is 5.71. The van der Waals surface area contributed by atoms with Gasteiger partial charge in [0.2, 0.25) is 6.79 Å². The van der Waals surface area contributed by atoms with Crippen molar-refractivity contribution in [3.63, 3.8) is 0 Å². The summed E-state index contributed by atoms with van der Waals surface area (Å²) in [4.78, 5) is 0. The number of hydrogen-bond donors (Lipinski definition) is 1. The first-order valence-electron chi connectivity index (χ1n) is 8.61. The molecule has 5 rings (SSSR count). The van der Waals surface area contributed by atoms with Gasteiger partial charge in [0.05, 0.1) is 6.54 Å². The van der Waals surface area contributed by atoms with Crippen LogP contribution in [0.15, 0.2) is 42.5 Å². The highest BCUT2D eigenvalue weighted by Crippen LogP contribution is 2.41. The van der Waals surface area contributed by atoms with Crippen molar-refractivity contribution in [3.05, 3.63) is 59.4 Å². The third-order valence-corrected chi connectivity index (χ3v) is 5.13. The van der Waals surface area contributed by atoms with Gasteiger partial charge in [-0.15, -0.1) is 0 Å². The van der Waals surface area contributed by atoms with Crippen LogP contribution in [-0.2, 0) is 13.0 Å². The van der Waals surface area contributed by atoms with E-state index in [0.29, 0.717) is 29.2 Å². The van der Waals surface area contributed by atoms with Gasteiger partial charge in [-0.1, -0.05) is 12.1 Å². The third kappa shape index (κ3) is 2.32. The predicted molar refractivity (Wildman–Crippen MR) is 96.4 cm³/mol. The molecule has 2 N–H and O–H groups in total. The minimum atomic E-state index is -0.323. The molecule has 0 aliphatic carbocycles. The highest BCUT2D eigenvalue weighted by Gasteiger charge is 2.29. The van der Waals surface area contributed by atoms with E-state index in [0.717, 1.165) is 34.6 Å². The number of fused-ring (bicyclic) bond motifs is 4. The molecular formula is C21H15FN3O2+. The molecule has 5 nitrogen and oxygen atoms in total. The van der Waals surface area contributed by atoms with E-state index in [1.54, 1.807) is 12.1 Å². The number of nitrogens with two attached hydrogens (primary N) is 1. The van der Waals surface area contributed by atoms with Gasteiger partial charge in [0.1, 0.15) is 23.1 Å². The first-order valence-corrected chi connectivity index (χ1v) is 8.61. The molecule has 0 atom stereocenters. The number of hydrogen-bond acceptors (Lipinski definition) is 4. The Morgan fingerprint density at radius 2 is 1.78 bits per heavy atom. The summed E-state index contributed by atoms with van der Waals surface area (Å²) in [6, 6.07) is 14.2. The maximum absolute atomic E-state index is 13.3. The van der Waals surface area contributed by atoms with E-state index in [4.69, 9.17) is 15.2 Å². The lowest BCUT2D eigenvalue weighted by atomic mass is 9.92. The fourth-order valence-corrected chi connectivity index (χ4v) is 3.79. The van der Waals surface area contributed by atoms with Crippen LogP contribution in [0.4, 0.5) is 10.2 Å². The maximum Gasteiger partial charge on any atom is 0.291 e. The van der Waals surface area contributed by atoms with Crippen molar-refractivity contribution in [2.45, 2.75) is 13.0 Å². The van der Waals surface area contributed by atoms with Crippen molar-refractivity contribution >= 4 is 5.82 Å².